The number of fused-ring (bicyclic) bond motifs is 1. The summed E-state index contributed by atoms with van der Waals surface area (Å²) in [4.78, 5) is 24.1. The average Bonchev–Trinajstić information content (AvgIpc) is 2.79. The molecule has 2 aliphatic rings. The molecule has 1 saturated heterocycles. The van der Waals surface area contributed by atoms with Crippen LogP contribution < -0.4 is 5.32 Å². The maximum atomic E-state index is 12.2. The first kappa shape index (κ1) is 16.6. The van der Waals surface area contributed by atoms with Gasteiger partial charge in [0.25, 0.3) is 10.1 Å². The standard InChI is InChI=1S/C17H17NO5S/c1-12-5-7-13(8-6-12)24(21,22)23-11-10-17-9-3-2-4-14(17)15(19)18-16(17)20/h2-9,14H,10-11H2,1H3,(H,18,19,20). The number of rotatable bonds is 5. The van der Waals surface area contributed by atoms with E-state index in [1.54, 1.807) is 36.4 Å². The van der Waals surface area contributed by atoms with E-state index in [-0.39, 0.29) is 23.8 Å². The van der Waals surface area contributed by atoms with Gasteiger partial charge in [0.15, 0.2) is 0 Å². The van der Waals surface area contributed by atoms with Gasteiger partial charge in [-0.05, 0) is 25.5 Å². The topological polar surface area (TPSA) is 89.5 Å². The van der Waals surface area contributed by atoms with Gasteiger partial charge in [-0.1, -0.05) is 42.0 Å². The van der Waals surface area contributed by atoms with Crippen molar-refractivity contribution in [2.24, 2.45) is 11.3 Å². The summed E-state index contributed by atoms with van der Waals surface area (Å²) in [5.74, 6) is -1.42. The Bertz CT molecular complexity index is 838. The number of carbonyl (C=O) groups excluding carboxylic acids is 2. The van der Waals surface area contributed by atoms with E-state index in [1.807, 2.05) is 6.92 Å². The summed E-state index contributed by atoms with van der Waals surface area (Å²) in [5.41, 5.74) is -0.134. The Hall–Kier alpha value is -2.25. The largest absolute Gasteiger partial charge is 0.296 e. The fourth-order valence-electron chi connectivity index (χ4n) is 2.97. The Labute approximate surface area is 140 Å². The van der Waals surface area contributed by atoms with Crippen molar-refractivity contribution in [3.63, 3.8) is 0 Å². The highest BCUT2D eigenvalue weighted by Gasteiger charge is 2.52. The number of hydrogen-bond donors (Lipinski definition) is 1. The second-order valence-electron chi connectivity index (χ2n) is 5.92. The lowest BCUT2D eigenvalue weighted by Crippen LogP contribution is -2.35. The number of imide groups is 1. The molecule has 2 atom stereocenters. The Kier molecular flexibility index (Phi) is 4.15. The van der Waals surface area contributed by atoms with E-state index in [4.69, 9.17) is 4.18 Å². The number of amides is 2. The molecule has 1 aliphatic heterocycles. The Morgan fingerprint density at radius 2 is 1.88 bits per heavy atom. The monoisotopic (exact) mass is 347 g/mol. The summed E-state index contributed by atoms with van der Waals surface area (Å²) >= 11 is 0. The number of allylic oxidation sites excluding steroid dienone is 2. The third-order valence-electron chi connectivity index (χ3n) is 4.37. The fourth-order valence-corrected chi connectivity index (χ4v) is 3.88. The van der Waals surface area contributed by atoms with Crippen molar-refractivity contribution in [1.82, 2.24) is 5.32 Å². The average molecular weight is 347 g/mol. The molecular weight excluding hydrogens is 330 g/mol. The minimum absolute atomic E-state index is 0.0631. The second kappa shape index (κ2) is 5.99. The van der Waals surface area contributed by atoms with Crippen LogP contribution in [0.15, 0.2) is 53.5 Å². The van der Waals surface area contributed by atoms with Crippen molar-refractivity contribution in [2.75, 3.05) is 6.61 Å². The maximum Gasteiger partial charge on any atom is 0.296 e. The molecule has 1 heterocycles. The van der Waals surface area contributed by atoms with E-state index < -0.39 is 27.4 Å². The molecule has 126 valence electrons. The molecule has 1 aromatic rings. The predicted molar refractivity (Wildman–Crippen MR) is 86.3 cm³/mol. The zero-order valence-electron chi connectivity index (χ0n) is 13.1. The van der Waals surface area contributed by atoms with Crippen LogP contribution in [0.2, 0.25) is 0 Å². The lowest BCUT2D eigenvalue weighted by atomic mass is 9.72. The molecule has 0 spiro atoms. The summed E-state index contributed by atoms with van der Waals surface area (Å²) in [6, 6.07) is 6.31. The van der Waals surface area contributed by atoms with Gasteiger partial charge in [-0.2, -0.15) is 8.42 Å². The second-order valence-corrected chi connectivity index (χ2v) is 7.53. The summed E-state index contributed by atoms with van der Waals surface area (Å²) in [6.07, 6.45) is 6.77. The van der Waals surface area contributed by atoms with Crippen LogP contribution in [0.3, 0.4) is 0 Å². The van der Waals surface area contributed by atoms with Crippen molar-refractivity contribution < 1.29 is 22.2 Å². The lowest BCUT2D eigenvalue weighted by Gasteiger charge is -2.27. The predicted octanol–water partition coefficient (Wildman–Crippen LogP) is 1.48. The molecule has 24 heavy (non-hydrogen) atoms. The smallest absolute Gasteiger partial charge is 0.295 e. The number of aryl methyl sites for hydroxylation is 1. The number of benzene rings is 1. The molecule has 0 aromatic heterocycles. The fraction of sp³-hybridized carbons (Fsp3) is 0.294. The van der Waals surface area contributed by atoms with E-state index >= 15 is 0 Å². The molecule has 6 nitrogen and oxygen atoms in total. The highest BCUT2D eigenvalue weighted by molar-refractivity contribution is 7.86. The molecule has 2 amide bonds. The van der Waals surface area contributed by atoms with Crippen LogP contribution in [-0.2, 0) is 23.9 Å². The molecule has 1 fully saturated rings. The number of hydrogen-bond acceptors (Lipinski definition) is 5. The summed E-state index contributed by atoms with van der Waals surface area (Å²) < 4.78 is 29.5. The van der Waals surface area contributed by atoms with Gasteiger partial charge < -0.3 is 0 Å². The molecule has 2 unspecified atom stereocenters. The van der Waals surface area contributed by atoms with Crippen LogP contribution >= 0.6 is 0 Å². The molecule has 1 aliphatic carbocycles. The summed E-state index contributed by atoms with van der Waals surface area (Å²) in [7, 11) is -3.90. The normalized spacial score (nSPS) is 25.6. The molecule has 1 aromatic carbocycles. The first-order valence-corrected chi connectivity index (χ1v) is 8.93. The van der Waals surface area contributed by atoms with Gasteiger partial charge >= 0.3 is 0 Å². The summed E-state index contributed by atoms with van der Waals surface area (Å²) in [5, 5.41) is 2.30. The third-order valence-corrected chi connectivity index (χ3v) is 5.70. The lowest BCUT2D eigenvalue weighted by molar-refractivity contribution is -0.127. The molecule has 7 heteroatoms. The van der Waals surface area contributed by atoms with E-state index in [2.05, 4.69) is 5.32 Å². The van der Waals surface area contributed by atoms with Crippen LogP contribution in [0.4, 0.5) is 0 Å². The van der Waals surface area contributed by atoms with Gasteiger partial charge in [0.1, 0.15) is 0 Å². The van der Waals surface area contributed by atoms with E-state index in [1.165, 1.54) is 12.1 Å². The van der Waals surface area contributed by atoms with E-state index in [0.29, 0.717) is 0 Å². The Balaban J connectivity index is 1.72. The van der Waals surface area contributed by atoms with Crippen LogP contribution in [0.1, 0.15) is 12.0 Å². The summed E-state index contributed by atoms with van der Waals surface area (Å²) in [6.45, 7) is 1.67. The van der Waals surface area contributed by atoms with Crippen LogP contribution in [0, 0.1) is 18.3 Å². The molecule has 3 rings (SSSR count). The van der Waals surface area contributed by atoms with Crippen molar-refractivity contribution in [3.8, 4) is 0 Å². The van der Waals surface area contributed by atoms with E-state index in [9.17, 15) is 18.0 Å². The van der Waals surface area contributed by atoms with Crippen LogP contribution in [0.5, 0.6) is 0 Å². The van der Waals surface area contributed by atoms with E-state index in [0.717, 1.165) is 5.56 Å². The zero-order valence-corrected chi connectivity index (χ0v) is 13.9. The zero-order chi connectivity index (χ0) is 17.4. The molecule has 0 saturated carbocycles. The van der Waals surface area contributed by atoms with Gasteiger partial charge in [-0.15, -0.1) is 0 Å². The van der Waals surface area contributed by atoms with Gasteiger partial charge in [0, 0.05) is 0 Å². The molecule has 0 radical (unpaired) electrons. The first-order valence-electron chi connectivity index (χ1n) is 7.53. The van der Waals surface area contributed by atoms with Crippen molar-refractivity contribution in [3.05, 3.63) is 54.1 Å². The van der Waals surface area contributed by atoms with Crippen LogP contribution in [-0.4, -0.2) is 26.8 Å². The maximum absolute atomic E-state index is 12.2. The van der Waals surface area contributed by atoms with Crippen molar-refractivity contribution >= 4 is 21.9 Å². The number of carbonyl (C=O) groups is 2. The van der Waals surface area contributed by atoms with Gasteiger partial charge in [0.05, 0.1) is 22.8 Å². The van der Waals surface area contributed by atoms with Crippen LogP contribution in [0.25, 0.3) is 0 Å². The number of nitrogens with one attached hydrogen (secondary N) is 1. The van der Waals surface area contributed by atoms with Crippen molar-refractivity contribution in [2.45, 2.75) is 18.2 Å². The Morgan fingerprint density at radius 1 is 1.17 bits per heavy atom. The minimum Gasteiger partial charge on any atom is -0.295 e. The quantitative estimate of drug-likeness (QED) is 0.644. The SMILES string of the molecule is Cc1ccc(S(=O)(=O)OCCC23C=CC=CC2C(=O)NC3=O)cc1. The van der Waals surface area contributed by atoms with Gasteiger partial charge in [0.2, 0.25) is 11.8 Å². The third kappa shape index (κ3) is 2.81. The van der Waals surface area contributed by atoms with Gasteiger partial charge in [-0.25, -0.2) is 0 Å². The first-order chi connectivity index (χ1) is 11.3. The minimum atomic E-state index is -3.90. The van der Waals surface area contributed by atoms with Gasteiger partial charge in [-0.3, -0.25) is 19.1 Å². The Morgan fingerprint density at radius 3 is 2.58 bits per heavy atom. The van der Waals surface area contributed by atoms with Crippen molar-refractivity contribution in [1.29, 1.82) is 0 Å². The highest BCUT2D eigenvalue weighted by atomic mass is 32.2. The molecular formula is C17H17NO5S. The molecule has 0 bridgehead atoms. The highest BCUT2D eigenvalue weighted by Crippen LogP contribution is 2.41. The molecule has 1 N–H and O–H groups in total.